The number of benzene rings is 1. The molecular weight excluding hydrogens is 278 g/mol. The first kappa shape index (κ1) is 14.6. The van der Waals surface area contributed by atoms with Gasteiger partial charge in [0.05, 0.1) is 17.2 Å². The first-order valence-corrected chi connectivity index (χ1v) is 6.13. The third-order valence-corrected chi connectivity index (χ3v) is 3.45. The largest absolute Gasteiger partial charge is 0.481 e. The van der Waals surface area contributed by atoms with Gasteiger partial charge in [0.15, 0.2) is 0 Å². The molecule has 1 aromatic rings. The molecule has 3 nitrogen and oxygen atoms in total. The van der Waals surface area contributed by atoms with Gasteiger partial charge in [0.1, 0.15) is 5.82 Å². The van der Waals surface area contributed by atoms with E-state index in [2.05, 4.69) is 0 Å². The van der Waals surface area contributed by atoms with Crippen LogP contribution in [0.2, 0.25) is 0 Å². The van der Waals surface area contributed by atoms with Gasteiger partial charge in [-0.25, -0.2) is 4.39 Å². The lowest BCUT2D eigenvalue weighted by atomic mass is 9.96. The second kappa shape index (κ2) is 5.30. The van der Waals surface area contributed by atoms with Crippen LogP contribution in [0, 0.1) is 11.7 Å². The van der Waals surface area contributed by atoms with Crippen LogP contribution in [-0.2, 0) is 11.0 Å². The van der Waals surface area contributed by atoms with Crippen LogP contribution in [0.25, 0.3) is 0 Å². The maximum atomic E-state index is 13.2. The third-order valence-electron chi connectivity index (χ3n) is 3.45. The van der Waals surface area contributed by atoms with Crippen molar-refractivity contribution in [2.75, 3.05) is 18.0 Å². The molecule has 0 saturated carbocycles. The molecule has 1 fully saturated rings. The van der Waals surface area contributed by atoms with Crippen LogP contribution in [-0.4, -0.2) is 24.2 Å². The van der Waals surface area contributed by atoms with Gasteiger partial charge in [0.25, 0.3) is 0 Å². The van der Waals surface area contributed by atoms with E-state index in [1.807, 2.05) is 0 Å². The maximum absolute atomic E-state index is 13.2. The van der Waals surface area contributed by atoms with E-state index in [1.54, 1.807) is 0 Å². The highest BCUT2D eigenvalue weighted by Gasteiger charge is 2.36. The van der Waals surface area contributed by atoms with Gasteiger partial charge in [-0.15, -0.1) is 0 Å². The monoisotopic (exact) mass is 291 g/mol. The Labute approximate surface area is 112 Å². The SMILES string of the molecule is O=C(O)C1CCN(c2cc(F)ccc2C(F)(F)F)CC1. The van der Waals surface area contributed by atoms with Crippen molar-refractivity contribution in [1.29, 1.82) is 0 Å². The number of piperidine rings is 1. The minimum Gasteiger partial charge on any atom is -0.481 e. The lowest BCUT2D eigenvalue weighted by Gasteiger charge is -2.33. The topological polar surface area (TPSA) is 40.5 Å². The minimum atomic E-state index is -4.56. The van der Waals surface area contributed by atoms with Crippen LogP contribution in [0.15, 0.2) is 18.2 Å². The number of aliphatic carboxylic acids is 1. The molecule has 0 radical (unpaired) electrons. The summed E-state index contributed by atoms with van der Waals surface area (Å²) in [5, 5.41) is 8.86. The van der Waals surface area contributed by atoms with E-state index in [4.69, 9.17) is 5.11 Å². The van der Waals surface area contributed by atoms with E-state index in [-0.39, 0.29) is 31.6 Å². The second-order valence-electron chi connectivity index (χ2n) is 4.76. The van der Waals surface area contributed by atoms with E-state index in [9.17, 15) is 22.4 Å². The molecule has 0 unspecified atom stereocenters. The van der Waals surface area contributed by atoms with E-state index < -0.39 is 29.4 Å². The molecule has 1 heterocycles. The number of carbonyl (C=O) groups is 1. The average Bonchev–Trinajstić information content (AvgIpc) is 2.37. The van der Waals surface area contributed by atoms with Crippen molar-refractivity contribution in [3.8, 4) is 0 Å². The number of hydrogen-bond acceptors (Lipinski definition) is 2. The van der Waals surface area contributed by atoms with Crippen LogP contribution < -0.4 is 4.90 Å². The predicted molar refractivity (Wildman–Crippen MR) is 64.0 cm³/mol. The van der Waals surface area contributed by atoms with E-state index in [0.29, 0.717) is 6.07 Å². The fourth-order valence-corrected chi connectivity index (χ4v) is 2.37. The van der Waals surface area contributed by atoms with Gasteiger partial charge in [0, 0.05) is 13.1 Å². The smallest absolute Gasteiger partial charge is 0.418 e. The summed E-state index contributed by atoms with van der Waals surface area (Å²) in [5.74, 6) is -2.23. The molecule has 7 heteroatoms. The molecule has 2 rings (SSSR count). The van der Waals surface area contributed by atoms with Gasteiger partial charge < -0.3 is 10.0 Å². The van der Waals surface area contributed by atoms with Gasteiger partial charge in [0.2, 0.25) is 0 Å². The molecule has 1 N–H and O–H groups in total. The summed E-state index contributed by atoms with van der Waals surface area (Å²) in [5.41, 5.74) is -1.12. The highest BCUT2D eigenvalue weighted by molar-refractivity contribution is 5.70. The van der Waals surface area contributed by atoms with Crippen molar-refractivity contribution in [3.63, 3.8) is 0 Å². The molecule has 0 amide bonds. The normalized spacial score (nSPS) is 17.3. The van der Waals surface area contributed by atoms with Crippen molar-refractivity contribution >= 4 is 11.7 Å². The lowest BCUT2D eigenvalue weighted by molar-refractivity contribution is -0.142. The standard InChI is InChI=1S/C13H13F4NO2/c14-9-1-2-10(13(15,16)17)11(7-9)18-5-3-8(4-6-18)12(19)20/h1-2,7-8H,3-6H2,(H,19,20). The zero-order valence-corrected chi connectivity index (χ0v) is 10.5. The Balaban J connectivity index is 2.25. The van der Waals surface area contributed by atoms with Crippen molar-refractivity contribution in [2.24, 2.45) is 5.92 Å². The molecule has 1 aliphatic heterocycles. The van der Waals surface area contributed by atoms with Crippen LogP contribution in [0.5, 0.6) is 0 Å². The van der Waals surface area contributed by atoms with Gasteiger partial charge in [-0.05, 0) is 31.0 Å². The number of alkyl halides is 3. The number of halogens is 4. The summed E-state index contributed by atoms with van der Waals surface area (Å²) in [4.78, 5) is 12.2. The molecule has 0 aliphatic carbocycles. The first-order valence-electron chi connectivity index (χ1n) is 6.13. The van der Waals surface area contributed by atoms with Crippen molar-refractivity contribution < 1.29 is 27.5 Å². The summed E-state index contributed by atoms with van der Waals surface area (Å²) in [6, 6.07) is 2.34. The van der Waals surface area contributed by atoms with Crippen molar-refractivity contribution in [3.05, 3.63) is 29.6 Å². The average molecular weight is 291 g/mol. The highest BCUT2D eigenvalue weighted by atomic mass is 19.4. The van der Waals surface area contributed by atoms with Gasteiger partial charge in [-0.1, -0.05) is 0 Å². The number of hydrogen-bond donors (Lipinski definition) is 1. The zero-order chi connectivity index (χ0) is 14.9. The lowest BCUT2D eigenvalue weighted by Crippen LogP contribution is -2.37. The molecule has 1 saturated heterocycles. The Morgan fingerprint density at radius 3 is 2.35 bits per heavy atom. The Kier molecular flexibility index (Phi) is 3.87. The third kappa shape index (κ3) is 3.02. The summed E-state index contributed by atoms with van der Waals surface area (Å²) < 4.78 is 51.9. The quantitative estimate of drug-likeness (QED) is 0.851. The maximum Gasteiger partial charge on any atom is 0.418 e. The number of rotatable bonds is 2. The fraction of sp³-hybridized carbons (Fsp3) is 0.462. The Bertz CT molecular complexity index is 508. The fourth-order valence-electron chi connectivity index (χ4n) is 2.37. The Hall–Kier alpha value is -1.79. The summed E-state index contributed by atoms with van der Waals surface area (Å²) in [6.45, 7) is 0.340. The molecule has 0 aromatic heterocycles. The van der Waals surface area contributed by atoms with Crippen LogP contribution in [0.4, 0.5) is 23.2 Å². The summed E-state index contributed by atoms with van der Waals surface area (Å²) >= 11 is 0. The van der Waals surface area contributed by atoms with Crippen LogP contribution in [0.3, 0.4) is 0 Å². The van der Waals surface area contributed by atoms with E-state index in [1.165, 1.54) is 4.90 Å². The van der Waals surface area contributed by atoms with Gasteiger partial charge >= 0.3 is 12.1 Å². The zero-order valence-electron chi connectivity index (χ0n) is 10.5. The Morgan fingerprint density at radius 1 is 1.25 bits per heavy atom. The molecule has 1 aliphatic rings. The second-order valence-corrected chi connectivity index (χ2v) is 4.76. The van der Waals surface area contributed by atoms with E-state index in [0.717, 1.165) is 12.1 Å². The minimum absolute atomic E-state index is 0.170. The number of anilines is 1. The van der Waals surface area contributed by atoms with Crippen molar-refractivity contribution in [1.82, 2.24) is 0 Å². The molecule has 0 bridgehead atoms. The summed E-state index contributed by atoms with van der Waals surface area (Å²) in [6.07, 6.45) is -4.06. The predicted octanol–water partition coefficient (Wildman–Crippen LogP) is 3.15. The Morgan fingerprint density at radius 2 is 1.85 bits per heavy atom. The molecular formula is C13H13F4NO2. The molecule has 110 valence electrons. The molecule has 20 heavy (non-hydrogen) atoms. The summed E-state index contributed by atoms with van der Waals surface area (Å²) in [7, 11) is 0. The van der Waals surface area contributed by atoms with Crippen LogP contribution >= 0.6 is 0 Å². The van der Waals surface area contributed by atoms with E-state index >= 15 is 0 Å². The molecule has 0 spiro atoms. The number of carboxylic acid groups (broad SMARTS) is 1. The molecule has 0 atom stereocenters. The van der Waals surface area contributed by atoms with Gasteiger partial charge in [-0.2, -0.15) is 13.2 Å². The van der Waals surface area contributed by atoms with Crippen LogP contribution in [0.1, 0.15) is 18.4 Å². The number of carboxylic acids is 1. The highest BCUT2D eigenvalue weighted by Crippen LogP contribution is 2.38. The van der Waals surface area contributed by atoms with Gasteiger partial charge in [-0.3, -0.25) is 4.79 Å². The number of nitrogens with zero attached hydrogens (tertiary/aromatic N) is 1. The first-order chi connectivity index (χ1) is 9.29. The van der Waals surface area contributed by atoms with Crippen molar-refractivity contribution in [2.45, 2.75) is 19.0 Å². The molecule has 1 aromatic carbocycles.